The average Bonchev–Trinajstić information content (AvgIpc) is 2.52. The van der Waals surface area contributed by atoms with Gasteiger partial charge in [-0.05, 0) is 62.9 Å². The first-order chi connectivity index (χ1) is 11.4. The third kappa shape index (κ3) is 4.85. The lowest BCUT2D eigenvalue weighted by molar-refractivity contribution is -0.128. The average molecular weight is 325 g/mol. The highest BCUT2D eigenvalue weighted by atomic mass is 16.5. The Bertz CT molecular complexity index is 671. The molecule has 0 aromatic heterocycles. The quantitative estimate of drug-likeness (QED) is 0.840. The van der Waals surface area contributed by atoms with Crippen molar-refractivity contribution in [3.63, 3.8) is 0 Å². The summed E-state index contributed by atoms with van der Waals surface area (Å²) in [6, 6.07) is 14.2. The van der Waals surface area contributed by atoms with Gasteiger partial charge in [-0.2, -0.15) is 0 Å². The second-order valence-corrected chi connectivity index (χ2v) is 6.48. The molecule has 3 nitrogen and oxygen atoms in total. The molecule has 0 saturated carbocycles. The fourth-order valence-electron chi connectivity index (χ4n) is 2.73. The van der Waals surface area contributed by atoms with Gasteiger partial charge < -0.3 is 10.1 Å². The number of ether oxygens (including phenoxy) is 1. The van der Waals surface area contributed by atoms with E-state index in [0.717, 1.165) is 22.4 Å². The summed E-state index contributed by atoms with van der Waals surface area (Å²) in [5, 5.41) is 3.05. The van der Waals surface area contributed by atoms with Gasteiger partial charge in [0.25, 0.3) is 5.91 Å². The number of aryl methyl sites for hydroxylation is 3. The molecule has 0 unspecified atom stereocenters. The smallest absolute Gasteiger partial charge is 0.261 e. The predicted octanol–water partition coefficient (Wildman–Crippen LogP) is 4.65. The van der Waals surface area contributed by atoms with E-state index in [1.54, 1.807) is 0 Å². The molecule has 2 atom stereocenters. The molecule has 2 rings (SSSR count). The third-order valence-electron chi connectivity index (χ3n) is 4.07. The summed E-state index contributed by atoms with van der Waals surface area (Å²) < 4.78 is 5.93. The minimum absolute atomic E-state index is 0.0463. The highest BCUT2D eigenvalue weighted by Crippen LogP contribution is 2.19. The minimum Gasteiger partial charge on any atom is -0.481 e. The Labute approximate surface area is 145 Å². The van der Waals surface area contributed by atoms with Gasteiger partial charge in [-0.25, -0.2) is 0 Å². The lowest BCUT2D eigenvalue weighted by Gasteiger charge is -2.21. The Morgan fingerprint density at radius 1 is 1.00 bits per heavy atom. The van der Waals surface area contributed by atoms with Crippen molar-refractivity contribution in [3.8, 4) is 5.75 Å². The molecule has 0 saturated heterocycles. The predicted molar refractivity (Wildman–Crippen MR) is 98.4 cm³/mol. The van der Waals surface area contributed by atoms with Crippen LogP contribution in [0.5, 0.6) is 5.75 Å². The lowest BCUT2D eigenvalue weighted by Crippen LogP contribution is -2.39. The number of hydrogen-bond acceptors (Lipinski definition) is 2. The molecular weight excluding hydrogens is 298 g/mol. The zero-order chi connectivity index (χ0) is 17.7. The van der Waals surface area contributed by atoms with Gasteiger partial charge in [-0.15, -0.1) is 0 Å². The Hall–Kier alpha value is -2.29. The molecule has 2 aromatic carbocycles. The molecule has 0 fully saturated rings. The second-order valence-electron chi connectivity index (χ2n) is 6.48. The molecule has 2 aromatic rings. The maximum Gasteiger partial charge on any atom is 0.261 e. The largest absolute Gasteiger partial charge is 0.481 e. The van der Waals surface area contributed by atoms with E-state index in [2.05, 4.69) is 30.4 Å². The third-order valence-corrected chi connectivity index (χ3v) is 4.07. The maximum atomic E-state index is 12.6. The Morgan fingerprint density at radius 2 is 1.58 bits per heavy atom. The Balaban J connectivity index is 2.04. The molecule has 0 aliphatic carbocycles. The molecule has 0 aliphatic rings. The van der Waals surface area contributed by atoms with Crippen molar-refractivity contribution in [2.24, 2.45) is 0 Å². The topological polar surface area (TPSA) is 38.3 Å². The van der Waals surface area contributed by atoms with Crippen molar-refractivity contribution >= 4 is 5.91 Å². The lowest BCUT2D eigenvalue weighted by atomic mass is 10.1. The van der Waals surface area contributed by atoms with E-state index >= 15 is 0 Å². The van der Waals surface area contributed by atoms with Crippen LogP contribution in [0.2, 0.25) is 0 Å². The van der Waals surface area contributed by atoms with Crippen LogP contribution in [-0.2, 0) is 4.79 Å². The van der Waals surface area contributed by atoms with Gasteiger partial charge in [0.05, 0.1) is 6.04 Å². The number of benzene rings is 2. The molecule has 1 N–H and O–H groups in total. The first-order valence-corrected chi connectivity index (χ1v) is 8.51. The highest BCUT2D eigenvalue weighted by Gasteiger charge is 2.20. The van der Waals surface area contributed by atoms with E-state index in [-0.39, 0.29) is 11.9 Å². The zero-order valence-corrected chi connectivity index (χ0v) is 15.2. The summed E-state index contributed by atoms with van der Waals surface area (Å²) >= 11 is 0. The van der Waals surface area contributed by atoms with Crippen LogP contribution in [0.1, 0.15) is 48.6 Å². The van der Waals surface area contributed by atoms with E-state index in [4.69, 9.17) is 4.74 Å². The molecule has 0 bridgehead atoms. The van der Waals surface area contributed by atoms with Crippen LogP contribution >= 0.6 is 0 Å². The first-order valence-electron chi connectivity index (χ1n) is 8.51. The van der Waals surface area contributed by atoms with Gasteiger partial charge in [0.1, 0.15) is 5.75 Å². The van der Waals surface area contributed by atoms with Crippen molar-refractivity contribution in [2.75, 3.05) is 0 Å². The molecule has 0 aliphatic heterocycles. The van der Waals surface area contributed by atoms with Gasteiger partial charge >= 0.3 is 0 Å². The number of amides is 1. The fourth-order valence-corrected chi connectivity index (χ4v) is 2.73. The molecule has 3 heteroatoms. The zero-order valence-electron chi connectivity index (χ0n) is 15.2. The Kier molecular flexibility index (Phi) is 6.02. The van der Waals surface area contributed by atoms with Crippen molar-refractivity contribution in [2.45, 2.75) is 53.2 Å². The summed E-state index contributed by atoms with van der Waals surface area (Å²) in [6.45, 7) is 10.1. The summed E-state index contributed by atoms with van der Waals surface area (Å²) in [5.74, 6) is 0.669. The van der Waals surface area contributed by atoms with Crippen molar-refractivity contribution in [3.05, 3.63) is 64.7 Å². The van der Waals surface area contributed by atoms with E-state index in [1.807, 2.05) is 52.0 Å². The second kappa shape index (κ2) is 8.00. The van der Waals surface area contributed by atoms with Gasteiger partial charge in [-0.3, -0.25) is 4.79 Å². The van der Waals surface area contributed by atoms with Crippen LogP contribution in [0.3, 0.4) is 0 Å². The van der Waals surface area contributed by atoms with E-state index in [1.165, 1.54) is 5.56 Å². The van der Waals surface area contributed by atoms with E-state index < -0.39 is 6.10 Å². The molecule has 0 radical (unpaired) electrons. The Morgan fingerprint density at radius 3 is 2.12 bits per heavy atom. The maximum absolute atomic E-state index is 12.6. The van der Waals surface area contributed by atoms with Gasteiger partial charge in [-0.1, -0.05) is 42.8 Å². The highest BCUT2D eigenvalue weighted by molar-refractivity contribution is 5.81. The number of nitrogens with one attached hydrogen (secondary N) is 1. The van der Waals surface area contributed by atoms with Crippen LogP contribution in [0.25, 0.3) is 0 Å². The summed E-state index contributed by atoms with van der Waals surface area (Å²) in [4.78, 5) is 12.6. The van der Waals surface area contributed by atoms with Crippen LogP contribution in [0, 0.1) is 20.8 Å². The molecule has 1 amide bonds. The number of carbonyl (C=O) groups excluding carboxylic acids is 1. The standard InChI is InChI=1S/C21H27NO2/c1-6-20(24-19-12-15(3)11-16(4)13-19)21(23)22-17(5)18-9-7-14(2)8-10-18/h7-13,17,20H,6H2,1-5H3,(H,22,23)/t17-,20-/m1/s1. The molecule has 128 valence electrons. The summed E-state index contributed by atoms with van der Waals surface area (Å²) in [6.07, 6.45) is 0.137. The summed E-state index contributed by atoms with van der Waals surface area (Å²) in [5.41, 5.74) is 4.57. The monoisotopic (exact) mass is 325 g/mol. The van der Waals surface area contributed by atoms with E-state index in [0.29, 0.717) is 6.42 Å². The fraction of sp³-hybridized carbons (Fsp3) is 0.381. The van der Waals surface area contributed by atoms with Gasteiger partial charge in [0.15, 0.2) is 6.10 Å². The molecule has 0 spiro atoms. The number of carbonyl (C=O) groups is 1. The van der Waals surface area contributed by atoms with Gasteiger partial charge in [0, 0.05) is 0 Å². The molecular formula is C21H27NO2. The van der Waals surface area contributed by atoms with Crippen LogP contribution in [0.4, 0.5) is 0 Å². The first kappa shape index (κ1) is 18.1. The van der Waals surface area contributed by atoms with Crippen molar-refractivity contribution in [1.29, 1.82) is 0 Å². The number of rotatable bonds is 6. The van der Waals surface area contributed by atoms with E-state index in [9.17, 15) is 4.79 Å². The SMILES string of the molecule is CC[C@@H](Oc1cc(C)cc(C)c1)C(=O)N[C@H](C)c1ccc(C)cc1. The molecule has 0 heterocycles. The normalized spacial score (nSPS) is 13.2. The van der Waals surface area contributed by atoms with Crippen LogP contribution < -0.4 is 10.1 Å². The number of hydrogen-bond donors (Lipinski definition) is 1. The summed E-state index contributed by atoms with van der Waals surface area (Å²) in [7, 11) is 0. The van der Waals surface area contributed by atoms with Crippen molar-refractivity contribution in [1.82, 2.24) is 5.32 Å². The van der Waals surface area contributed by atoms with Crippen molar-refractivity contribution < 1.29 is 9.53 Å². The van der Waals surface area contributed by atoms with Crippen LogP contribution in [-0.4, -0.2) is 12.0 Å². The van der Waals surface area contributed by atoms with Gasteiger partial charge in [0.2, 0.25) is 0 Å². The van der Waals surface area contributed by atoms with Crippen LogP contribution in [0.15, 0.2) is 42.5 Å². The molecule has 24 heavy (non-hydrogen) atoms. The minimum atomic E-state index is -0.487.